The molecule has 0 bridgehead atoms. The van der Waals surface area contributed by atoms with Crippen molar-refractivity contribution in [2.75, 3.05) is 34.8 Å². The number of nitrogens with zero attached hydrogens (tertiary/aromatic N) is 2. The number of hydrogen-bond donors (Lipinski definition) is 4. The molecule has 7 nitrogen and oxygen atoms in total. The summed E-state index contributed by atoms with van der Waals surface area (Å²) in [6.07, 6.45) is 1.12. The Morgan fingerprint density at radius 2 is 1.61 bits per heavy atom. The number of ether oxygens (including phenoxy) is 1. The molecule has 0 fully saturated rings. The topological polar surface area (TPSA) is 97.1 Å². The lowest BCUT2D eigenvalue weighted by Gasteiger charge is -2.11. The van der Waals surface area contributed by atoms with Gasteiger partial charge in [0.25, 0.3) is 0 Å². The van der Waals surface area contributed by atoms with Gasteiger partial charge in [-0.05, 0) is 42.0 Å². The fourth-order valence-electron chi connectivity index (χ4n) is 3.14. The minimum atomic E-state index is -0.561. The van der Waals surface area contributed by atoms with Crippen molar-refractivity contribution >= 4 is 34.5 Å². The van der Waals surface area contributed by atoms with Crippen LogP contribution in [0.5, 0.6) is 0 Å². The Balaban J connectivity index is 1.32. The number of nitrogens with one attached hydrogen (secondary N) is 3. The summed E-state index contributed by atoms with van der Waals surface area (Å²) in [7, 11) is 0. The highest BCUT2D eigenvalue weighted by atomic mass is 19.1. The van der Waals surface area contributed by atoms with Crippen molar-refractivity contribution in [3.05, 3.63) is 96.4 Å². The van der Waals surface area contributed by atoms with Gasteiger partial charge in [0.05, 0.1) is 19.4 Å². The predicted octanol–water partition coefficient (Wildman–Crippen LogP) is 5.31. The highest BCUT2D eigenvalue weighted by Gasteiger charge is 2.08. The summed E-state index contributed by atoms with van der Waals surface area (Å²) in [6.45, 7) is 1.82. The quantitative estimate of drug-likeness (QED) is 0.194. The SMILES string of the molecule is Nc1cccc(Nc2nc(Nc3cccc(NCCOCc4ccccc4)c3)ncc2F)c1. The zero-order valence-corrected chi connectivity index (χ0v) is 18.0. The summed E-state index contributed by atoms with van der Waals surface area (Å²) in [5.74, 6) is -0.233. The van der Waals surface area contributed by atoms with E-state index >= 15 is 0 Å². The van der Waals surface area contributed by atoms with Crippen LogP contribution in [0.2, 0.25) is 0 Å². The Labute approximate surface area is 191 Å². The maximum absolute atomic E-state index is 14.2. The van der Waals surface area contributed by atoms with Crippen LogP contribution in [-0.2, 0) is 11.3 Å². The molecule has 0 amide bonds. The molecule has 8 heteroatoms. The average molecular weight is 445 g/mol. The van der Waals surface area contributed by atoms with Crippen LogP contribution in [0.4, 0.5) is 38.9 Å². The summed E-state index contributed by atoms with van der Waals surface area (Å²) < 4.78 is 19.9. The van der Waals surface area contributed by atoms with E-state index in [1.165, 1.54) is 0 Å². The Bertz CT molecular complexity index is 1190. The Morgan fingerprint density at radius 1 is 0.848 bits per heavy atom. The first-order valence-electron chi connectivity index (χ1n) is 10.5. The lowest BCUT2D eigenvalue weighted by molar-refractivity contribution is 0.130. The van der Waals surface area contributed by atoms with E-state index in [-0.39, 0.29) is 11.8 Å². The van der Waals surface area contributed by atoms with Crippen LogP contribution in [0.1, 0.15) is 5.56 Å². The molecule has 0 saturated heterocycles. The molecule has 168 valence electrons. The molecular weight excluding hydrogens is 419 g/mol. The van der Waals surface area contributed by atoms with Gasteiger partial charge >= 0.3 is 0 Å². The van der Waals surface area contributed by atoms with Crippen LogP contribution in [0.3, 0.4) is 0 Å². The monoisotopic (exact) mass is 444 g/mol. The molecule has 4 rings (SSSR count). The fraction of sp³-hybridized carbons (Fsp3) is 0.120. The van der Waals surface area contributed by atoms with Gasteiger partial charge in [0.1, 0.15) is 0 Å². The van der Waals surface area contributed by atoms with E-state index in [0.29, 0.717) is 31.1 Å². The van der Waals surface area contributed by atoms with Crippen molar-refractivity contribution in [3.8, 4) is 0 Å². The van der Waals surface area contributed by atoms with E-state index < -0.39 is 5.82 Å². The van der Waals surface area contributed by atoms with Gasteiger partial charge in [0, 0.05) is 29.3 Å². The maximum atomic E-state index is 14.2. The number of nitrogens with two attached hydrogens (primary N) is 1. The maximum Gasteiger partial charge on any atom is 0.229 e. The third-order valence-corrected chi connectivity index (χ3v) is 4.70. The molecule has 0 atom stereocenters. The lowest BCUT2D eigenvalue weighted by atomic mass is 10.2. The van der Waals surface area contributed by atoms with Gasteiger partial charge in [0.15, 0.2) is 11.6 Å². The summed E-state index contributed by atoms with van der Waals surface area (Å²) in [6, 6.07) is 24.7. The minimum Gasteiger partial charge on any atom is -0.399 e. The van der Waals surface area contributed by atoms with Crippen molar-refractivity contribution in [2.45, 2.75) is 6.61 Å². The average Bonchev–Trinajstić information content (AvgIpc) is 2.82. The zero-order chi connectivity index (χ0) is 22.9. The highest BCUT2D eigenvalue weighted by Crippen LogP contribution is 2.22. The molecule has 1 aromatic heterocycles. The molecule has 0 spiro atoms. The third-order valence-electron chi connectivity index (χ3n) is 4.70. The first kappa shape index (κ1) is 22.0. The van der Waals surface area contributed by atoms with Gasteiger partial charge < -0.3 is 26.4 Å². The van der Waals surface area contributed by atoms with Crippen molar-refractivity contribution in [2.24, 2.45) is 0 Å². The summed E-state index contributed by atoms with van der Waals surface area (Å²) >= 11 is 0. The van der Waals surface area contributed by atoms with E-state index in [1.807, 2.05) is 54.6 Å². The molecule has 1 heterocycles. The van der Waals surface area contributed by atoms with E-state index in [9.17, 15) is 4.39 Å². The fourth-order valence-corrected chi connectivity index (χ4v) is 3.14. The Hall–Kier alpha value is -4.17. The van der Waals surface area contributed by atoms with Crippen molar-refractivity contribution in [1.82, 2.24) is 9.97 Å². The Morgan fingerprint density at radius 3 is 2.42 bits per heavy atom. The second kappa shape index (κ2) is 10.9. The summed E-state index contributed by atoms with van der Waals surface area (Å²) in [5, 5.41) is 9.36. The first-order valence-corrected chi connectivity index (χ1v) is 10.5. The smallest absolute Gasteiger partial charge is 0.229 e. The van der Waals surface area contributed by atoms with Gasteiger partial charge in [0.2, 0.25) is 5.95 Å². The molecule has 0 saturated carbocycles. The number of aromatic nitrogens is 2. The van der Waals surface area contributed by atoms with Crippen molar-refractivity contribution < 1.29 is 9.13 Å². The van der Waals surface area contributed by atoms with Crippen molar-refractivity contribution in [3.63, 3.8) is 0 Å². The number of rotatable bonds is 10. The molecule has 0 unspecified atom stereocenters. The summed E-state index contributed by atoms with van der Waals surface area (Å²) in [5.41, 5.74) is 9.83. The Kier molecular flexibility index (Phi) is 7.29. The zero-order valence-electron chi connectivity index (χ0n) is 18.0. The molecule has 0 radical (unpaired) electrons. The molecule has 3 aromatic carbocycles. The second-order valence-electron chi connectivity index (χ2n) is 7.31. The first-order chi connectivity index (χ1) is 16.2. The van der Waals surface area contributed by atoms with Gasteiger partial charge in [-0.1, -0.05) is 42.5 Å². The normalized spacial score (nSPS) is 10.6. The number of halogens is 1. The van der Waals surface area contributed by atoms with E-state index in [2.05, 4.69) is 25.9 Å². The van der Waals surface area contributed by atoms with E-state index in [0.717, 1.165) is 23.1 Å². The number of nitrogen functional groups attached to an aromatic ring is 1. The van der Waals surface area contributed by atoms with E-state index in [1.54, 1.807) is 24.3 Å². The second-order valence-corrected chi connectivity index (χ2v) is 7.31. The van der Waals surface area contributed by atoms with Gasteiger partial charge in [-0.25, -0.2) is 9.37 Å². The molecular formula is C25H25FN6O. The molecule has 4 aromatic rings. The minimum absolute atomic E-state index is 0.0583. The predicted molar refractivity (Wildman–Crippen MR) is 130 cm³/mol. The summed E-state index contributed by atoms with van der Waals surface area (Å²) in [4.78, 5) is 8.28. The standard InChI is InChI=1S/C25H25FN6O/c26-23-16-29-25(32-24(23)30-21-10-4-8-19(27)14-21)31-22-11-5-9-20(15-22)28-12-13-33-17-18-6-2-1-3-7-18/h1-11,14-16,28H,12-13,17,27H2,(H2,29,30,31,32). The lowest BCUT2D eigenvalue weighted by Crippen LogP contribution is -2.09. The number of hydrogen-bond acceptors (Lipinski definition) is 7. The molecule has 5 N–H and O–H groups in total. The number of anilines is 6. The van der Waals surface area contributed by atoms with Crippen LogP contribution in [0.15, 0.2) is 85.1 Å². The molecule has 0 aliphatic rings. The van der Waals surface area contributed by atoms with Crippen LogP contribution in [0.25, 0.3) is 0 Å². The van der Waals surface area contributed by atoms with Crippen LogP contribution < -0.4 is 21.7 Å². The third kappa shape index (κ3) is 6.65. The largest absolute Gasteiger partial charge is 0.399 e. The molecule has 33 heavy (non-hydrogen) atoms. The van der Waals surface area contributed by atoms with Crippen LogP contribution in [0, 0.1) is 5.82 Å². The van der Waals surface area contributed by atoms with E-state index in [4.69, 9.17) is 10.5 Å². The number of benzene rings is 3. The van der Waals surface area contributed by atoms with Crippen molar-refractivity contribution in [1.29, 1.82) is 0 Å². The van der Waals surface area contributed by atoms with Gasteiger partial charge in [-0.15, -0.1) is 0 Å². The molecule has 0 aliphatic carbocycles. The van der Waals surface area contributed by atoms with Crippen LogP contribution in [-0.4, -0.2) is 23.1 Å². The van der Waals surface area contributed by atoms with Gasteiger partial charge in [-0.2, -0.15) is 4.98 Å². The van der Waals surface area contributed by atoms with Crippen LogP contribution >= 0.6 is 0 Å². The highest BCUT2D eigenvalue weighted by molar-refractivity contribution is 5.64. The molecule has 0 aliphatic heterocycles. The van der Waals surface area contributed by atoms with Gasteiger partial charge in [-0.3, -0.25) is 0 Å².